The second kappa shape index (κ2) is 8.15. The van der Waals surface area contributed by atoms with Gasteiger partial charge in [0.05, 0.1) is 12.1 Å². The zero-order valence-corrected chi connectivity index (χ0v) is 14.2. The third kappa shape index (κ3) is 5.66. The lowest BCUT2D eigenvalue weighted by Gasteiger charge is -2.38. The molecule has 0 fully saturated rings. The second-order valence-electron chi connectivity index (χ2n) is 6.52. The van der Waals surface area contributed by atoms with E-state index in [1.807, 2.05) is 37.3 Å². The third-order valence-electron chi connectivity index (χ3n) is 3.28. The lowest BCUT2D eigenvalue weighted by molar-refractivity contribution is -0.155. The largest absolute Gasteiger partial charge is 0.426 e. The molecule has 0 aromatic heterocycles. The van der Waals surface area contributed by atoms with Gasteiger partial charge in [0, 0.05) is 13.1 Å². The summed E-state index contributed by atoms with van der Waals surface area (Å²) in [7, 11) is 0. The van der Waals surface area contributed by atoms with Crippen molar-refractivity contribution in [1.82, 2.24) is 10.4 Å². The van der Waals surface area contributed by atoms with Crippen molar-refractivity contribution in [2.45, 2.75) is 46.8 Å². The highest BCUT2D eigenvalue weighted by molar-refractivity contribution is 5.66. The van der Waals surface area contributed by atoms with E-state index < -0.39 is 12.2 Å². The van der Waals surface area contributed by atoms with Crippen molar-refractivity contribution >= 4 is 6.09 Å². The summed E-state index contributed by atoms with van der Waals surface area (Å²) in [6, 6.07) is 9.95. The highest BCUT2D eigenvalue weighted by Gasteiger charge is 2.33. The molecule has 1 rings (SSSR count). The van der Waals surface area contributed by atoms with Gasteiger partial charge in [0.2, 0.25) is 0 Å². The van der Waals surface area contributed by atoms with Gasteiger partial charge in [-0.05, 0) is 24.8 Å². The number of benzene rings is 1. The van der Waals surface area contributed by atoms with Crippen molar-refractivity contribution < 1.29 is 14.7 Å². The monoisotopic (exact) mass is 308 g/mol. The van der Waals surface area contributed by atoms with E-state index in [2.05, 4.69) is 26.1 Å². The van der Waals surface area contributed by atoms with Crippen LogP contribution in [0.3, 0.4) is 0 Å². The average Bonchev–Trinajstić information content (AvgIpc) is 2.44. The first kappa shape index (κ1) is 18.5. The Morgan fingerprint density at radius 2 is 1.91 bits per heavy atom. The zero-order valence-electron chi connectivity index (χ0n) is 14.2. The van der Waals surface area contributed by atoms with E-state index in [0.29, 0.717) is 6.54 Å². The molecule has 2 unspecified atom stereocenters. The molecule has 0 aliphatic carbocycles. The Labute approximate surface area is 133 Å². The zero-order chi connectivity index (χ0) is 16.8. The predicted molar refractivity (Wildman–Crippen MR) is 87.2 cm³/mol. The molecule has 0 aliphatic heterocycles. The number of nitrogens with zero attached hydrogens (tertiary/aromatic N) is 1. The number of amides is 1. The quantitative estimate of drug-likeness (QED) is 0.793. The molecule has 1 amide bonds. The Bertz CT molecular complexity index is 455. The third-order valence-corrected chi connectivity index (χ3v) is 3.28. The number of carbonyl (C=O) groups excluding carboxylic acids is 1. The van der Waals surface area contributed by atoms with Crippen LogP contribution in [-0.4, -0.2) is 35.5 Å². The van der Waals surface area contributed by atoms with Gasteiger partial charge in [0.15, 0.2) is 0 Å². The van der Waals surface area contributed by atoms with Gasteiger partial charge in [-0.1, -0.05) is 51.1 Å². The van der Waals surface area contributed by atoms with Crippen molar-refractivity contribution in [2.24, 2.45) is 5.41 Å². The molecule has 0 saturated heterocycles. The molecule has 0 saturated carbocycles. The summed E-state index contributed by atoms with van der Waals surface area (Å²) in [5.41, 5.74) is 0.988. The van der Waals surface area contributed by atoms with Gasteiger partial charge >= 0.3 is 6.09 Å². The summed E-state index contributed by atoms with van der Waals surface area (Å²) < 4.78 is 0. The van der Waals surface area contributed by atoms with Gasteiger partial charge < -0.3 is 15.3 Å². The van der Waals surface area contributed by atoms with Crippen LogP contribution in [-0.2, 0) is 4.84 Å². The van der Waals surface area contributed by atoms with Crippen LogP contribution in [0.2, 0.25) is 0 Å². The maximum atomic E-state index is 11.9. The molecule has 0 radical (unpaired) electrons. The maximum Gasteiger partial charge on any atom is 0.426 e. The van der Waals surface area contributed by atoms with Crippen LogP contribution < -0.4 is 5.32 Å². The summed E-state index contributed by atoms with van der Waals surface area (Å²) >= 11 is 0. The van der Waals surface area contributed by atoms with Crippen molar-refractivity contribution in [3.05, 3.63) is 35.9 Å². The molecule has 0 heterocycles. The van der Waals surface area contributed by atoms with E-state index in [1.54, 1.807) is 12.0 Å². The smallest absolute Gasteiger partial charge is 0.392 e. The predicted octanol–water partition coefficient (Wildman–Crippen LogP) is 3.12. The van der Waals surface area contributed by atoms with E-state index in [-0.39, 0.29) is 18.0 Å². The first-order valence-electron chi connectivity index (χ1n) is 7.71. The van der Waals surface area contributed by atoms with Crippen LogP contribution in [0.1, 0.15) is 46.2 Å². The van der Waals surface area contributed by atoms with E-state index in [4.69, 9.17) is 4.84 Å². The molecule has 5 heteroatoms. The molecule has 0 bridgehead atoms. The average molecular weight is 308 g/mol. The van der Waals surface area contributed by atoms with E-state index >= 15 is 0 Å². The lowest BCUT2D eigenvalue weighted by atomic mass is 9.82. The molecule has 0 aliphatic rings. The van der Waals surface area contributed by atoms with Gasteiger partial charge in [-0.25, -0.2) is 4.79 Å². The van der Waals surface area contributed by atoms with Crippen LogP contribution in [0.25, 0.3) is 0 Å². The summed E-state index contributed by atoms with van der Waals surface area (Å²) in [5.74, 6) is 0. The number of hydroxylamine groups is 2. The topological polar surface area (TPSA) is 61.8 Å². The van der Waals surface area contributed by atoms with Gasteiger partial charge in [-0.3, -0.25) is 0 Å². The van der Waals surface area contributed by atoms with E-state index in [0.717, 1.165) is 5.56 Å². The Kier molecular flexibility index (Phi) is 6.84. The Balaban J connectivity index is 2.89. The maximum absolute atomic E-state index is 11.9. The number of carbonyl (C=O) groups is 1. The second-order valence-corrected chi connectivity index (χ2v) is 6.52. The van der Waals surface area contributed by atoms with Crippen LogP contribution in [0.15, 0.2) is 30.3 Å². The number of rotatable bonds is 6. The van der Waals surface area contributed by atoms with Gasteiger partial charge in [-0.15, -0.1) is 5.06 Å². The Morgan fingerprint density at radius 1 is 1.32 bits per heavy atom. The Hall–Kier alpha value is -1.59. The highest BCUT2D eigenvalue weighted by Crippen LogP contribution is 2.37. The molecule has 22 heavy (non-hydrogen) atoms. The van der Waals surface area contributed by atoms with Gasteiger partial charge in [0.25, 0.3) is 0 Å². The van der Waals surface area contributed by atoms with Crippen molar-refractivity contribution in [3.63, 3.8) is 0 Å². The molecule has 2 N–H and O–H groups in total. The SMILES string of the molecule is CCN(OC(=O)NCC(C)O)C(c1ccccc1)C(C)(C)C. The molecule has 124 valence electrons. The van der Waals surface area contributed by atoms with Crippen molar-refractivity contribution in [1.29, 1.82) is 0 Å². The van der Waals surface area contributed by atoms with Crippen LogP contribution in [0.4, 0.5) is 4.79 Å². The molecule has 5 nitrogen and oxygen atoms in total. The van der Waals surface area contributed by atoms with Crippen molar-refractivity contribution in [2.75, 3.05) is 13.1 Å². The fourth-order valence-electron chi connectivity index (χ4n) is 2.40. The molecule has 1 aromatic rings. The molecule has 2 atom stereocenters. The van der Waals surface area contributed by atoms with Crippen LogP contribution in [0.5, 0.6) is 0 Å². The van der Waals surface area contributed by atoms with Crippen molar-refractivity contribution in [3.8, 4) is 0 Å². The van der Waals surface area contributed by atoms with Crippen LogP contribution in [0, 0.1) is 5.41 Å². The standard InChI is InChI=1S/C17H28N2O3/c1-6-19(22-16(21)18-12-13(2)20)15(17(3,4)5)14-10-8-7-9-11-14/h7-11,13,15,20H,6,12H2,1-5H3,(H,18,21). The number of hydrogen-bond donors (Lipinski definition) is 2. The number of hydrogen-bond acceptors (Lipinski definition) is 4. The van der Waals surface area contributed by atoms with Gasteiger partial charge in [0.1, 0.15) is 0 Å². The minimum Gasteiger partial charge on any atom is -0.392 e. The summed E-state index contributed by atoms with van der Waals surface area (Å²) in [6.07, 6.45) is -1.15. The Morgan fingerprint density at radius 3 is 2.36 bits per heavy atom. The molecule has 1 aromatic carbocycles. The summed E-state index contributed by atoms with van der Waals surface area (Å²) in [4.78, 5) is 17.4. The van der Waals surface area contributed by atoms with E-state index in [1.165, 1.54) is 0 Å². The summed E-state index contributed by atoms with van der Waals surface area (Å²) in [6.45, 7) is 10.6. The first-order chi connectivity index (χ1) is 10.3. The fourth-order valence-corrected chi connectivity index (χ4v) is 2.40. The highest BCUT2D eigenvalue weighted by atomic mass is 16.7. The summed E-state index contributed by atoms with van der Waals surface area (Å²) in [5, 5.41) is 13.5. The van der Waals surface area contributed by atoms with Gasteiger partial charge in [-0.2, -0.15) is 0 Å². The normalized spacial score (nSPS) is 14.5. The lowest BCUT2D eigenvalue weighted by Crippen LogP contribution is -2.42. The van der Waals surface area contributed by atoms with E-state index in [9.17, 15) is 9.90 Å². The number of aliphatic hydroxyl groups excluding tert-OH is 1. The first-order valence-corrected chi connectivity index (χ1v) is 7.71. The number of aliphatic hydroxyl groups is 1. The molecule has 0 spiro atoms. The fraction of sp³-hybridized carbons (Fsp3) is 0.588. The van der Waals surface area contributed by atoms with Crippen LogP contribution >= 0.6 is 0 Å². The number of nitrogens with one attached hydrogen (secondary N) is 1. The minimum atomic E-state index is -0.602. The minimum absolute atomic E-state index is 0.0593. The molecular formula is C17H28N2O3. The molecular weight excluding hydrogens is 280 g/mol.